The Morgan fingerprint density at radius 3 is 2.78 bits per heavy atom. The van der Waals surface area contributed by atoms with E-state index in [0.717, 1.165) is 24.9 Å². The molecule has 0 bridgehead atoms. The van der Waals surface area contributed by atoms with Crippen LogP contribution < -0.4 is 10.6 Å². The Morgan fingerprint density at radius 1 is 1.44 bits per heavy atom. The van der Waals surface area contributed by atoms with E-state index in [1.165, 1.54) is 6.07 Å². The van der Waals surface area contributed by atoms with Crippen LogP contribution in [0.25, 0.3) is 0 Å². The summed E-state index contributed by atoms with van der Waals surface area (Å²) in [4.78, 5) is 22.7. The molecule has 1 saturated heterocycles. The van der Waals surface area contributed by atoms with E-state index in [1.54, 1.807) is 19.1 Å². The minimum absolute atomic E-state index is 0.0568. The third-order valence-electron chi connectivity index (χ3n) is 3.11. The number of aryl methyl sites for hydroxylation is 1. The number of carboxylic acids is 1. The Kier molecular flexibility index (Phi) is 3.62. The third-order valence-corrected chi connectivity index (χ3v) is 3.11. The summed E-state index contributed by atoms with van der Waals surface area (Å²) in [6.07, 6.45) is 1.85. The van der Waals surface area contributed by atoms with Gasteiger partial charge in [-0.2, -0.15) is 0 Å². The second kappa shape index (κ2) is 5.18. The first-order valence-corrected chi connectivity index (χ1v) is 5.96. The predicted molar refractivity (Wildman–Crippen MR) is 67.8 cm³/mol. The average Bonchev–Trinajstić information content (AvgIpc) is 2.85. The number of nitrogens with one attached hydrogen (secondary N) is 2. The minimum Gasteiger partial charge on any atom is -0.478 e. The van der Waals surface area contributed by atoms with Gasteiger partial charge in [0, 0.05) is 5.69 Å². The molecule has 1 aliphatic rings. The van der Waals surface area contributed by atoms with Gasteiger partial charge in [0.1, 0.15) is 0 Å². The highest BCUT2D eigenvalue weighted by Crippen LogP contribution is 2.18. The number of hydrogen-bond donors (Lipinski definition) is 3. The molecule has 5 nitrogen and oxygen atoms in total. The maximum Gasteiger partial charge on any atom is 0.335 e. The highest BCUT2D eigenvalue weighted by atomic mass is 16.4. The van der Waals surface area contributed by atoms with Crippen molar-refractivity contribution in [2.45, 2.75) is 25.8 Å². The van der Waals surface area contributed by atoms with Gasteiger partial charge in [0.05, 0.1) is 11.6 Å². The molecule has 0 radical (unpaired) electrons. The quantitative estimate of drug-likeness (QED) is 0.755. The molecule has 96 valence electrons. The van der Waals surface area contributed by atoms with Crippen LogP contribution >= 0.6 is 0 Å². The van der Waals surface area contributed by atoms with Crippen LogP contribution in [0.5, 0.6) is 0 Å². The molecule has 1 atom stereocenters. The van der Waals surface area contributed by atoms with Crippen molar-refractivity contribution in [2.75, 3.05) is 11.9 Å². The fourth-order valence-corrected chi connectivity index (χ4v) is 2.07. The van der Waals surface area contributed by atoms with Crippen LogP contribution in [0, 0.1) is 6.92 Å². The molecule has 1 fully saturated rings. The van der Waals surface area contributed by atoms with Gasteiger partial charge in [0.15, 0.2) is 0 Å². The van der Waals surface area contributed by atoms with Gasteiger partial charge >= 0.3 is 5.97 Å². The Labute approximate surface area is 105 Å². The molecule has 1 amide bonds. The van der Waals surface area contributed by atoms with E-state index < -0.39 is 5.97 Å². The van der Waals surface area contributed by atoms with Crippen molar-refractivity contribution >= 4 is 17.6 Å². The van der Waals surface area contributed by atoms with Crippen LogP contribution in [0.15, 0.2) is 18.2 Å². The summed E-state index contributed by atoms with van der Waals surface area (Å²) in [5.41, 5.74) is 1.64. The van der Waals surface area contributed by atoms with E-state index in [4.69, 9.17) is 5.11 Å². The first kappa shape index (κ1) is 12.6. The van der Waals surface area contributed by atoms with E-state index in [9.17, 15) is 9.59 Å². The lowest BCUT2D eigenvalue weighted by Gasteiger charge is -2.13. The topological polar surface area (TPSA) is 78.4 Å². The molecule has 0 spiro atoms. The lowest BCUT2D eigenvalue weighted by atomic mass is 10.1. The third kappa shape index (κ3) is 2.68. The molecular formula is C13H16N2O3. The summed E-state index contributed by atoms with van der Waals surface area (Å²) in [6, 6.07) is 4.54. The van der Waals surface area contributed by atoms with Crippen molar-refractivity contribution in [3.63, 3.8) is 0 Å². The number of carbonyl (C=O) groups is 2. The molecule has 1 aliphatic heterocycles. The molecule has 1 aromatic carbocycles. The number of carbonyl (C=O) groups excluding carboxylic acids is 1. The van der Waals surface area contributed by atoms with E-state index in [2.05, 4.69) is 10.6 Å². The average molecular weight is 248 g/mol. The zero-order valence-electron chi connectivity index (χ0n) is 10.2. The van der Waals surface area contributed by atoms with Gasteiger partial charge in [-0.1, -0.05) is 0 Å². The van der Waals surface area contributed by atoms with Crippen molar-refractivity contribution in [1.82, 2.24) is 5.32 Å². The van der Waals surface area contributed by atoms with Crippen molar-refractivity contribution in [3.8, 4) is 0 Å². The van der Waals surface area contributed by atoms with E-state index in [0.29, 0.717) is 5.69 Å². The van der Waals surface area contributed by atoms with Gasteiger partial charge in [-0.05, 0) is 50.1 Å². The summed E-state index contributed by atoms with van der Waals surface area (Å²) in [6.45, 7) is 2.65. The van der Waals surface area contributed by atoms with Gasteiger partial charge < -0.3 is 15.7 Å². The normalized spacial score (nSPS) is 18.6. The van der Waals surface area contributed by atoms with Crippen LogP contribution in [0.4, 0.5) is 5.69 Å². The number of aromatic carboxylic acids is 1. The predicted octanol–water partition coefficient (Wildman–Crippen LogP) is 1.38. The highest BCUT2D eigenvalue weighted by molar-refractivity contribution is 5.96. The maximum atomic E-state index is 11.9. The zero-order chi connectivity index (χ0) is 13.1. The van der Waals surface area contributed by atoms with E-state index in [1.807, 2.05) is 0 Å². The van der Waals surface area contributed by atoms with Crippen molar-refractivity contribution in [3.05, 3.63) is 29.3 Å². The molecule has 5 heteroatoms. The lowest BCUT2D eigenvalue weighted by molar-refractivity contribution is -0.117. The largest absolute Gasteiger partial charge is 0.478 e. The highest BCUT2D eigenvalue weighted by Gasteiger charge is 2.22. The van der Waals surface area contributed by atoms with Crippen molar-refractivity contribution in [2.24, 2.45) is 0 Å². The monoisotopic (exact) mass is 248 g/mol. The fourth-order valence-electron chi connectivity index (χ4n) is 2.07. The number of anilines is 1. The smallest absolute Gasteiger partial charge is 0.335 e. The minimum atomic E-state index is -0.964. The van der Waals surface area contributed by atoms with Gasteiger partial charge in [-0.3, -0.25) is 4.79 Å². The number of benzene rings is 1. The standard InChI is InChI=1S/C13H16N2O3/c1-8-7-9(13(17)18)4-5-10(8)15-12(16)11-3-2-6-14-11/h4-5,7,11,14H,2-3,6H2,1H3,(H,15,16)(H,17,18)/t11-/m1/s1. The molecule has 0 aliphatic carbocycles. The van der Waals surface area contributed by atoms with Crippen LogP contribution in [0.3, 0.4) is 0 Å². The van der Waals surface area contributed by atoms with Gasteiger partial charge in [0.25, 0.3) is 0 Å². The Morgan fingerprint density at radius 2 is 2.22 bits per heavy atom. The van der Waals surface area contributed by atoms with Crippen molar-refractivity contribution in [1.29, 1.82) is 0 Å². The number of carboxylic acid groups (broad SMARTS) is 1. The van der Waals surface area contributed by atoms with Crippen LogP contribution in [-0.4, -0.2) is 29.6 Å². The first-order valence-electron chi connectivity index (χ1n) is 5.96. The Bertz CT molecular complexity index is 479. The second-order valence-corrected chi connectivity index (χ2v) is 4.47. The molecule has 2 rings (SSSR count). The fraction of sp³-hybridized carbons (Fsp3) is 0.385. The Hall–Kier alpha value is -1.88. The summed E-state index contributed by atoms with van der Waals surface area (Å²) in [5, 5.41) is 14.8. The summed E-state index contributed by atoms with van der Waals surface area (Å²) in [7, 11) is 0. The van der Waals surface area contributed by atoms with Crippen LogP contribution in [0.1, 0.15) is 28.8 Å². The number of hydrogen-bond acceptors (Lipinski definition) is 3. The van der Waals surface area contributed by atoms with Crippen LogP contribution in [0.2, 0.25) is 0 Å². The summed E-state index contributed by atoms with van der Waals surface area (Å²) < 4.78 is 0. The maximum absolute atomic E-state index is 11.9. The van der Waals surface area contributed by atoms with Gasteiger partial charge in [0.2, 0.25) is 5.91 Å². The molecular weight excluding hydrogens is 232 g/mol. The SMILES string of the molecule is Cc1cc(C(=O)O)ccc1NC(=O)[C@H]1CCCN1. The molecule has 1 heterocycles. The van der Waals surface area contributed by atoms with E-state index in [-0.39, 0.29) is 17.5 Å². The summed E-state index contributed by atoms with van der Waals surface area (Å²) in [5.74, 6) is -1.02. The molecule has 3 N–H and O–H groups in total. The molecule has 0 unspecified atom stereocenters. The lowest BCUT2D eigenvalue weighted by Crippen LogP contribution is -2.35. The zero-order valence-corrected chi connectivity index (χ0v) is 10.2. The van der Waals surface area contributed by atoms with Gasteiger partial charge in [-0.15, -0.1) is 0 Å². The number of amides is 1. The van der Waals surface area contributed by atoms with Crippen molar-refractivity contribution < 1.29 is 14.7 Å². The number of rotatable bonds is 3. The van der Waals surface area contributed by atoms with E-state index >= 15 is 0 Å². The first-order chi connectivity index (χ1) is 8.58. The Balaban J connectivity index is 2.09. The van der Waals surface area contributed by atoms with Gasteiger partial charge in [-0.25, -0.2) is 4.79 Å². The molecule has 0 aromatic heterocycles. The van der Waals surface area contributed by atoms with Crippen LogP contribution in [-0.2, 0) is 4.79 Å². The molecule has 18 heavy (non-hydrogen) atoms. The second-order valence-electron chi connectivity index (χ2n) is 4.47. The summed E-state index contributed by atoms with van der Waals surface area (Å²) >= 11 is 0. The molecule has 0 saturated carbocycles. The molecule has 1 aromatic rings.